The minimum Gasteiger partial charge on any atom is -0.460 e. The quantitative estimate of drug-likeness (QED) is 0.297. The summed E-state index contributed by atoms with van der Waals surface area (Å²) in [4.78, 5) is 28.8. The lowest BCUT2D eigenvalue weighted by Crippen LogP contribution is -2.57. The molecule has 0 bridgehead atoms. The molecule has 0 aromatic heterocycles. The van der Waals surface area contributed by atoms with Crippen molar-refractivity contribution in [2.24, 2.45) is 11.1 Å². The van der Waals surface area contributed by atoms with Gasteiger partial charge in [0.1, 0.15) is 24.3 Å². The van der Waals surface area contributed by atoms with Crippen molar-refractivity contribution in [3.63, 3.8) is 0 Å². The first-order valence-electron chi connectivity index (χ1n) is 13.6. The molecule has 5 rings (SSSR count). The first kappa shape index (κ1) is 30.4. The average molecular weight is 618 g/mol. The summed E-state index contributed by atoms with van der Waals surface area (Å²) in [7, 11) is 0. The number of esters is 2. The van der Waals surface area contributed by atoms with E-state index < -0.39 is 58.3 Å². The highest BCUT2D eigenvalue weighted by atomic mass is 35.5. The second-order valence-electron chi connectivity index (χ2n) is 12.1. The number of fused-ring (bicyclic) bond motifs is 1. The Morgan fingerprint density at radius 2 is 1.76 bits per heavy atom. The van der Waals surface area contributed by atoms with Gasteiger partial charge in [-0.05, 0) is 63.4 Å². The Balaban J connectivity index is 1.66. The molecule has 2 aliphatic heterocycles. The molecule has 0 aliphatic carbocycles. The Hall–Kier alpha value is -3.04. The molecule has 10 heteroatoms. The molecular weight excluding hydrogens is 585 g/mol. The van der Waals surface area contributed by atoms with Gasteiger partial charge in [-0.1, -0.05) is 71.7 Å². The number of benzene rings is 3. The van der Waals surface area contributed by atoms with Gasteiger partial charge in [-0.2, -0.15) is 0 Å². The number of ether oxygens (including phenoxy) is 2. The molecule has 6 nitrogen and oxygen atoms in total. The molecule has 0 amide bonds. The second-order valence-corrected chi connectivity index (χ2v) is 12.9. The minimum absolute atomic E-state index is 0.0210. The van der Waals surface area contributed by atoms with Gasteiger partial charge in [-0.15, -0.1) is 0 Å². The van der Waals surface area contributed by atoms with Crippen LogP contribution in [-0.4, -0.2) is 34.6 Å². The number of carbonyl (C=O) groups is 2. The third kappa shape index (κ3) is 5.08. The monoisotopic (exact) mass is 616 g/mol. The molecule has 2 heterocycles. The predicted octanol–water partition coefficient (Wildman–Crippen LogP) is 6.71. The highest BCUT2D eigenvalue weighted by molar-refractivity contribution is 6.31. The lowest BCUT2D eigenvalue weighted by Gasteiger charge is -2.44. The maximum absolute atomic E-state index is 15.8. The SMILES string of the molecule is CC(C)(CC1N2C(C(=O)OC2(C)C)C(c2cccc(Cl)c2F)C1(N)c1ccc(Cl)cc1F)C(=O)OCc1ccccc1. The van der Waals surface area contributed by atoms with Crippen LogP contribution in [0.15, 0.2) is 66.7 Å². The van der Waals surface area contributed by atoms with Crippen LogP contribution < -0.4 is 5.73 Å². The Labute approximate surface area is 253 Å². The molecule has 3 aromatic carbocycles. The van der Waals surface area contributed by atoms with E-state index in [1.807, 2.05) is 30.3 Å². The maximum Gasteiger partial charge on any atom is 0.325 e. The van der Waals surface area contributed by atoms with E-state index in [0.717, 1.165) is 11.6 Å². The van der Waals surface area contributed by atoms with Crippen LogP contribution in [0.25, 0.3) is 0 Å². The summed E-state index contributed by atoms with van der Waals surface area (Å²) in [5.74, 6) is -3.78. The lowest BCUT2D eigenvalue weighted by molar-refractivity contribution is -0.160. The largest absolute Gasteiger partial charge is 0.460 e. The number of rotatable bonds is 7. The highest BCUT2D eigenvalue weighted by Crippen LogP contribution is 2.58. The van der Waals surface area contributed by atoms with E-state index in [1.165, 1.54) is 24.3 Å². The van der Waals surface area contributed by atoms with Crippen molar-refractivity contribution in [1.82, 2.24) is 4.90 Å². The first-order valence-corrected chi connectivity index (χ1v) is 14.3. The van der Waals surface area contributed by atoms with Crippen LogP contribution in [0.4, 0.5) is 8.78 Å². The number of hydrogen-bond donors (Lipinski definition) is 1. The number of cyclic esters (lactones) is 1. The smallest absolute Gasteiger partial charge is 0.325 e. The van der Waals surface area contributed by atoms with E-state index in [-0.39, 0.29) is 34.2 Å². The topological polar surface area (TPSA) is 81.9 Å². The molecule has 0 spiro atoms. The van der Waals surface area contributed by atoms with Crippen LogP contribution >= 0.6 is 23.2 Å². The minimum atomic E-state index is -1.74. The van der Waals surface area contributed by atoms with E-state index in [9.17, 15) is 9.59 Å². The standard InChI is InChI=1S/C32H32Cl2F2N2O4/c1-30(2,29(40)41-17-18-9-6-5-7-10-18)16-24-32(37,21-14-13-19(33)15-23(21)35)25(20-11-8-12-22(34)26(20)36)27-28(39)42-31(3,4)38(24)27/h5-15,24-25,27H,16-17,37H2,1-4H3. The molecule has 4 unspecified atom stereocenters. The number of nitrogens with zero attached hydrogens (tertiary/aromatic N) is 1. The van der Waals surface area contributed by atoms with E-state index in [4.69, 9.17) is 38.4 Å². The molecule has 2 saturated heterocycles. The van der Waals surface area contributed by atoms with Crippen molar-refractivity contribution in [2.45, 2.75) is 70.0 Å². The molecule has 2 fully saturated rings. The number of halogens is 4. The Kier molecular flexibility index (Phi) is 7.90. The van der Waals surface area contributed by atoms with Crippen molar-refractivity contribution < 1.29 is 27.8 Å². The molecule has 2 aliphatic rings. The Morgan fingerprint density at radius 3 is 2.43 bits per heavy atom. The van der Waals surface area contributed by atoms with Crippen molar-refractivity contribution in [2.75, 3.05) is 0 Å². The van der Waals surface area contributed by atoms with Gasteiger partial charge >= 0.3 is 11.9 Å². The van der Waals surface area contributed by atoms with Gasteiger partial charge in [-0.3, -0.25) is 9.59 Å². The van der Waals surface area contributed by atoms with E-state index in [1.54, 1.807) is 38.7 Å². The summed E-state index contributed by atoms with van der Waals surface area (Å²) in [6.45, 7) is 6.84. The maximum atomic E-state index is 15.8. The van der Waals surface area contributed by atoms with E-state index in [2.05, 4.69) is 0 Å². The van der Waals surface area contributed by atoms with Gasteiger partial charge < -0.3 is 15.2 Å². The Bertz CT molecular complexity index is 1530. The van der Waals surface area contributed by atoms with Gasteiger partial charge in [0.15, 0.2) is 5.72 Å². The number of carbonyl (C=O) groups excluding carboxylic acids is 2. The van der Waals surface area contributed by atoms with Crippen LogP contribution in [0.1, 0.15) is 56.7 Å². The summed E-state index contributed by atoms with van der Waals surface area (Å²) < 4.78 is 43.1. The molecule has 3 aromatic rings. The summed E-state index contributed by atoms with van der Waals surface area (Å²) in [6.07, 6.45) is 0.0223. The summed E-state index contributed by atoms with van der Waals surface area (Å²) in [6, 6.07) is 15.7. The first-order chi connectivity index (χ1) is 19.7. The van der Waals surface area contributed by atoms with Crippen LogP contribution in [-0.2, 0) is 31.2 Å². The van der Waals surface area contributed by atoms with Crippen LogP contribution in [0.5, 0.6) is 0 Å². The molecular formula is C32H32Cl2F2N2O4. The van der Waals surface area contributed by atoms with Crippen molar-refractivity contribution in [3.8, 4) is 0 Å². The normalized spacial score (nSPS) is 25.3. The van der Waals surface area contributed by atoms with Gasteiger partial charge in [-0.25, -0.2) is 13.7 Å². The fourth-order valence-corrected chi connectivity index (χ4v) is 6.84. The third-order valence-electron chi connectivity index (χ3n) is 8.41. The number of nitrogens with two attached hydrogens (primary N) is 1. The second kappa shape index (κ2) is 10.9. The average Bonchev–Trinajstić information content (AvgIpc) is 3.31. The van der Waals surface area contributed by atoms with E-state index >= 15 is 8.78 Å². The summed E-state index contributed by atoms with van der Waals surface area (Å²) >= 11 is 12.3. The van der Waals surface area contributed by atoms with Crippen molar-refractivity contribution >= 4 is 35.1 Å². The van der Waals surface area contributed by atoms with Gasteiger partial charge in [0, 0.05) is 22.5 Å². The summed E-state index contributed by atoms with van der Waals surface area (Å²) in [5.41, 5.74) is 4.08. The Morgan fingerprint density at radius 1 is 1.07 bits per heavy atom. The predicted molar refractivity (Wildman–Crippen MR) is 156 cm³/mol. The van der Waals surface area contributed by atoms with E-state index in [0.29, 0.717) is 0 Å². The molecule has 222 valence electrons. The van der Waals surface area contributed by atoms with Gasteiger partial charge in [0.2, 0.25) is 0 Å². The van der Waals surface area contributed by atoms with Crippen LogP contribution in [0, 0.1) is 17.0 Å². The molecule has 0 radical (unpaired) electrons. The van der Waals surface area contributed by atoms with Gasteiger partial charge in [0.25, 0.3) is 0 Å². The molecule has 0 saturated carbocycles. The molecule has 42 heavy (non-hydrogen) atoms. The van der Waals surface area contributed by atoms with Crippen LogP contribution in [0.3, 0.4) is 0 Å². The highest BCUT2D eigenvalue weighted by Gasteiger charge is 2.69. The van der Waals surface area contributed by atoms with Crippen molar-refractivity contribution in [1.29, 1.82) is 0 Å². The van der Waals surface area contributed by atoms with Crippen LogP contribution in [0.2, 0.25) is 10.0 Å². The fourth-order valence-electron chi connectivity index (χ4n) is 6.50. The fraction of sp³-hybridized carbons (Fsp3) is 0.375. The lowest BCUT2D eigenvalue weighted by atomic mass is 9.68. The summed E-state index contributed by atoms with van der Waals surface area (Å²) in [5, 5.41) is -0.0261. The zero-order valence-electron chi connectivity index (χ0n) is 23.7. The number of hydrogen-bond acceptors (Lipinski definition) is 6. The van der Waals surface area contributed by atoms with Crippen molar-refractivity contribution in [3.05, 3.63) is 105 Å². The zero-order valence-corrected chi connectivity index (χ0v) is 25.2. The molecule has 2 N–H and O–H groups in total. The third-order valence-corrected chi connectivity index (χ3v) is 8.94. The van der Waals surface area contributed by atoms with Gasteiger partial charge in [0.05, 0.1) is 16.0 Å². The molecule has 4 atom stereocenters. The zero-order chi connectivity index (χ0) is 30.6.